The second-order valence-electron chi connectivity index (χ2n) is 7.01. The second-order valence-corrected chi connectivity index (χ2v) is 7.01. The minimum absolute atomic E-state index is 0.913. The maximum Gasteiger partial charge on any atom is 0.135 e. The van der Waals surface area contributed by atoms with E-state index in [1.54, 1.807) is 0 Å². The van der Waals surface area contributed by atoms with Crippen molar-refractivity contribution in [1.82, 2.24) is 14.9 Å². The Morgan fingerprint density at radius 2 is 1.75 bits per heavy atom. The van der Waals surface area contributed by atoms with Crippen LogP contribution < -0.4 is 4.90 Å². The summed E-state index contributed by atoms with van der Waals surface area (Å²) in [6.07, 6.45) is 5.00. The van der Waals surface area contributed by atoms with Gasteiger partial charge in [-0.05, 0) is 38.2 Å². The summed E-state index contributed by atoms with van der Waals surface area (Å²) >= 11 is 0. The third-order valence-corrected chi connectivity index (χ3v) is 5.14. The molecule has 0 saturated carbocycles. The molecule has 0 spiro atoms. The number of anilines is 1. The lowest BCUT2D eigenvalue weighted by atomic mass is 10.0. The molecule has 3 heterocycles. The van der Waals surface area contributed by atoms with E-state index in [-0.39, 0.29) is 0 Å². The molecule has 4 rings (SSSR count). The molecule has 2 aliphatic rings. The van der Waals surface area contributed by atoms with Gasteiger partial charge in [0, 0.05) is 38.3 Å². The average molecular weight is 322 g/mol. The zero-order chi connectivity index (χ0) is 16.4. The third-order valence-electron chi connectivity index (χ3n) is 5.14. The minimum Gasteiger partial charge on any atom is -0.356 e. The van der Waals surface area contributed by atoms with Crippen LogP contribution in [0.25, 0.3) is 0 Å². The van der Waals surface area contributed by atoms with Crippen LogP contribution in [0.15, 0.2) is 30.3 Å². The molecular weight excluding hydrogens is 296 g/mol. The van der Waals surface area contributed by atoms with Crippen LogP contribution in [0.3, 0.4) is 0 Å². The summed E-state index contributed by atoms with van der Waals surface area (Å²) in [5, 5.41) is 0. The smallest absolute Gasteiger partial charge is 0.135 e. The lowest BCUT2D eigenvalue weighted by molar-refractivity contribution is 0.241. The van der Waals surface area contributed by atoms with Crippen molar-refractivity contribution in [3.8, 4) is 0 Å². The fraction of sp³-hybridized carbons (Fsp3) is 0.500. The summed E-state index contributed by atoms with van der Waals surface area (Å²) in [5.74, 6) is 2.13. The van der Waals surface area contributed by atoms with Gasteiger partial charge in [0.05, 0.1) is 5.69 Å². The van der Waals surface area contributed by atoms with Gasteiger partial charge in [0.25, 0.3) is 0 Å². The maximum absolute atomic E-state index is 4.82. The average Bonchev–Trinajstić information content (AvgIpc) is 2.62. The molecule has 24 heavy (non-hydrogen) atoms. The predicted octanol–water partition coefficient (Wildman–Crippen LogP) is 3.33. The predicted molar refractivity (Wildman–Crippen MR) is 97.1 cm³/mol. The van der Waals surface area contributed by atoms with E-state index in [0.29, 0.717) is 0 Å². The Morgan fingerprint density at radius 3 is 2.54 bits per heavy atom. The third kappa shape index (κ3) is 3.29. The highest BCUT2D eigenvalue weighted by Gasteiger charge is 2.25. The molecule has 0 aliphatic carbocycles. The van der Waals surface area contributed by atoms with E-state index in [2.05, 4.69) is 40.1 Å². The van der Waals surface area contributed by atoms with Gasteiger partial charge in [0.2, 0.25) is 0 Å². The van der Waals surface area contributed by atoms with Crippen molar-refractivity contribution < 1.29 is 0 Å². The van der Waals surface area contributed by atoms with Gasteiger partial charge in [-0.2, -0.15) is 0 Å². The first-order chi connectivity index (χ1) is 11.8. The molecule has 0 bridgehead atoms. The minimum atomic E-state index is 0.913. The first-order valence-electron chi connectivity index (χ1n) is 9.17. The molecule has 0 atom stereocenters. The van der Waals surface area contributed by atoms with Crippen LogP contribution in [-0.4, -0.2) is 34.5 Å². The van der Waals surface area contributed by atoms with Gasteiger partial charge >= 0.3 is 0 Å². The van der Waals surface area contributed by atoms with Crippen molar-refractivity contribution in [1.29, 1.82) is 0 Å². The summed E-state index contributed by atoms with van der Waals surface area (Å²) in [6, 6.07) is 10.7. The summed E-state index contributed by atoms with van der Waals surface area (Å²) in [4.78, 5) is 14.6. The van der Waals surface area contributed by atoms with Gasteiger partial charge in [-0.1, -0.05) is 30.3 Å². The van der Waals surface area contributed by atoms with E-state index in [0.717, 1.165) is 45.0 Å². The van der Waals surface area contributed by atoms with E-state index in [1.807, 2.05) is 6.92 Å². The summed E-state index contributed by atoms with van der Waals surface area (Å²) in [7, 11) is 0. The standard InChI is InChI=1S/C20H26N4/c1-16-21-19-15-23(14-17-8-4-2-5-9-17)13-10-18(19)20(22-16)24-11-6-3-7-12-24/h2,4-5,8-9H,3,6-7,10-15H2,1H3. The van der Waals surface area contributed by atoms with Gasteiger partial charge < -0.3 is 4.90 Å². The highest BCUT2D eigenvalue weighted by molar-refractivity contribution is 5.50. The second kappa shape index (κ2) is 6.89. The largest absolute Gasteiger partial charge is 0.356 e. The molecule has 0 amide bonds. The van der Waals surface area contributed by atoms with Gasteiger partial charge in [0.1, 0.15) is 11.6 Å². The van der Waals surface area contributed by atoms with Crippen LogP contribution in [0.4, 0.5) is 5.82 Å². The Hall–Kier alpha value is -1.94. The summed E-state index contributed by atoms with van der Waals surface area (Å²) < 4.78 is 0. The monoisotopic (exact) mass is 322 g/mol. The highest BCUT2D eigenvalue weighted by Crippen LogP contribution is 2.29. The lowest BCUT2D eigenvalue weighted by Gasteiger charge is -2.34. The fourth-order valence-corrected chi connectivity index (χ4v) is 3.93. The van der Waals surface area contributed by atoms with E-state index in [4.69, 9.17) is 9.97 Å². The molecule has 0 unspecified atom stereocenters. The van der Waals surface area contributed by atoms with Crippen LogP contribution in [-0.2, 0) is 19.5 Å². The molecule has 0 radical (unpaired) electrons. The van der Waals surface area contributed by atoms with Crippen molar-refractivity contribution in [2.24, 2.45) is 0 Å². The molecule has 1 aromatic heterocycles. The molecular formula is C20H26N4. The molecule has 1 fully saturated rings. The number of benzene rings is 1. The Kier molecular flexibility index (Phi) is 4.48. The Labute approximate surface area is 144 Å². The van der Waals surface area contributed by atoms with Crippen LogP contribution in [0.1, 0.15) is 41.9 Å². The Morgan fingerprint density at radius 1 is 0.958 bits per heavy atom. The van der Waals surface area contributed by atoms with E-state index in [9.17, 15) is 0 Å². The van der Waals surface area contributed by atoms with E-state index < -0.39 is 0 Å². The molecule has 126 valence electrons. The zero-order valence-electron chi connectivity index (χ0n) is 14.5. The topological polar surface area (TPSA) is 32.3 Å². The quantitative estimate of drug-likeness (QED) is 0.867. The van der Waals surface area contributed by atoms with Gasteiger partial charge in [-0.25, -0.2) is 9.97 Å². The number of aromatic nitrogens is 2. The van der Waals surface area contributed by atoms with Crippen molar-refractivity contribution in [3.05, 3.63) is 53.0 Å². The molecule has 1 aromatic carbocycles. The lowest BCUT2D eigenvalue weighted by Crippen LogP contribution is -2.36. The molecule has 0 N–H and O–H groups in total. The van der Waals surface area contributed by atoms with Gasteiger partial charge in [-0.3, -0.25) is 4.90 Å². The van der Waals surface area contributed by atoms with Crippen LogP contribution in [0, 0.1) is 6.92 Å². The fourth-order valence-electron chi connectivity index (χ4n) is 3.93. The van der Waals surface area contributed by atoms with Crippen LogP contribution in [0.5, 0.6) is 0 Å². The number of nitrogens with zero attached hydrogens (tertiary/aromatic N) is 4. The van der Waals surface area contributed by atoms with E-state index in [1.165, 1.54) is 41.9 Å². The van der Waals surface area contributed by atoms with Crippen molar-refractivity contribution in [3.63, 3.8) is 0 Å². The molecule has 4 nitrogen and oxygen atoms in total. The SMILES string of the molecule is Cc1nc2c(c(N3CCCCC3)n1)CCN(Cc1ccccc1)C2. The van der Waals surface area contributed by atoms with Gasteiger partial charge in [0.15, 0.2) is 0 Å². The molecule has 2 aromatic rings. The van der Waals surface area contributed by atoms with Crippen molar-refractivity contribution in [2.45, 2.75) is 45.7 Å². The number of rotatable bonds is 3. The number of fused-ring (bicyclic) bond motifs is 1. The highest BCUT2D eigenvalue weighted by atomic mass is 15.2. The van der Waals surface area contributed by atoms with Gasteiger partial charge in [-0.15, -0.1) is 0 Å². The van der Waals surface area contributed by atoms with Crippen molar-refractivity contribution >= 4 is 5.82 Å². The summed E-state index contributed by atoms with van der Waals surface area (Å²) in [5.41, 5.74) is 4.01. The van der Waals surface area contributed by atoms with E-state index >= 15 is 0 Å². The number of piperidine rings is 1. The Balaban J connectivity index is 1.56. The molecule has 1 saturated heterocycles. The Bertz CT molecular complexity index is 692. The zero-order valence-corrected chi connectivity index (χ0v) is 14.5. The number of hydrogen-bond acceptors (Lipinski definition) is 4. The van der Waals surface area contributed by atoms with Crippen LogP contribution >= 0.6 is 0 Å². The molecule has 2 aliphatic heterocycles. The first kappa shape index (κ1) is 15.6. The summed E-state index contributed by atoms with van der Waals surface area (Å²) in [6.45, 7) is 7.36. The number of hydrogen-bond donors (Lipinski definition) is 0. The normalized spacial score (nSPS) is 18.5. The number of aryl methyl sites for hydroxylation is 1. The van der Waals surface area contributed by atoms with Crippen LogP contribution in [0.2, 0.25) is 0 Å². The maximum atomic E-state index is 4.82. The molecule has 4 heteroatoms. The van der Waals surface area contributed by atoms with Crippen molar-refractivity contribution in [2.75, 3.05) is 24.5 Å². The first-order valence-corrected chi connectivity index (χ1v) is 9.17.